The standard InChI is InChI=1S/C22H22FN3O/c1-14(2)17-8-7-15(3)21(10-17)27-22-20(25)11-19(12-24)26(22)13-16-5-4-6-18(23)9-16/h4-11,14H,13,25H2,1-3H3. The molecule has 0 spiro atoms. The van der Waals surface area contributed by atoms with Crippen LogP contribution in [-0.4, -0.2) is 4.57 Å². The first-order valence-electron chi connectivity index (χ1n) is 8.81. The zero-order valence-corrected chi connectivity index (χ0v) is 15.7. The van der Waals surface area contributed by atoms with Crippen LogP contribution < -0.4 is 10.5 Å². The lowest BCUT2D eigenvalue weighted by molar-refractivity contribution is 0.433. The van der Waals surface area contributed by atoms with Crippen LogP contribution in [0.4, 0.5) is 10.1 Å². The molecule has 0 aliphatic rings. The van der Waals surface area contributed by atoms with Gasteiger partial charge in [-0.3, -0.25) is 4.57 Å². The highest BCUT2D eigenvalue weighted by atomic mass is 19.1. The van der Waals surface area contributed by atoms with Crippen molar-refractivity contribution in [3.63, 3.8) is 0 Å². The monoisotopic (exact) mass is 363 g/mol. The van der Waals surface area contributed by atoms with E-state index in [1.807, 2.05) is 19.1 Å². The molecule has 0 saturated heterocycles. The molecule has 0 bridgehead atoms. The fourth-order valence-corrected chi connectivity index (χ4v) is 2.92. The van der Waals surface area contributed by atoms with Gasteiger partial charge in [0.1, 0.15) is 23.3 Å². The molecule has 3 rings (SSSR count). The van der Waals surface area contributed by atoms with Crippen LogP contribution in [0.5, 0.6) is 11.6 Å². The number of nitrogens with zero attached hydrogens (tertiary/aromatic N) is 2. The minimum Gasteiger partial charge on any atom is -0.438 e. The van der Waals surface area contributed by atoms with Gasteiger partial charge in [0, 0.05) is 6.07 Å². The molecule has 0 fully saturated rings. The topological polar surface area (TPSA) is 64.0 Å². The molecule has 0 unspecified atom stereocenters. The Morgan fingerprint density at radius 1 is 1.19 bits per heavy atom. The van der Waals surface area contributed by atoms with Crippen LogP contribution >= 0.6 is 0 Å². The van der Waals surface area contributed by atoms with Gasteiger partial charge in [-0.1, -0.05) is 38.1 Å². The van der Waals surface area contributed by atoms with Crippen LogP contribution in [-0.2, 0) is 6.54 Å². The summed E-state index contributed by atoms with van der Waals surface area (Å²) in [6, 6.07) is 16.0. The van der Waals surface area contributed by atoms with Crippen molar-refractivity contribution in [1.82, 2.24) is 4.57 Å². The molecular weight excluding hydrogens is 341 g/mol. The summed E-state index contributed by atoms with van der Waals surface area (Å²) < 4.78 is 21.4. The maximum absolute atomic E-state index is 13.5. The number of nitriles is 1. The molecule has 0 aliphatic carbocycles. The SMILES string of the molecule is Cc1ccc(C(C)C)cc1Oc1c(N)cc(C#N)n1Cc1cccc(F)c1. The Morgan fingerprint density at radius 2 is 1.96 bits per heavy atom. The van der Waals surface area contributed by atoms with Crippen molar-refractivity contribution in [2.75, 3.05) is 5.73 Å². The van der Waals surface area contributed by atoms with E-state index < -0.39 is 0 Å². The lowest BCUT2D eigenvalue weighted by atomic mass is 10.0. The maximum Gasteiger partial charge on any atom is 0.224 e. The first-order valence-corrected chi connectivity index (χ1v) is 8.81. The number of aryl methyl sites for hydroxylation is 1. The minimum absolute atomic E-state index is 0.288. The fourth-order valence-electron chi connectivity index (χ4n) is 2.92. The van der Waals surface area contributed by atoms with Gasteiger partial charge in [-0.2, -0.15) is 5.26 Å². The summed E-state index contributed by atoms with van der Waals surface area (Å²) in [6.45, 7) is 6.48. The van der Waals surface area contributed by atoms with Crippen molar-refractivity contribution in [3.05, 3.63) is 76.7 Å². The predicted octanol–water partition coefficient (Wildman–Crippen LogP) is 5.35. The molecule has 0 aliphatic heterocycles. The molecule has 27 heavy (non-hydrogen) atoms. The van der Waals surface area contributed by atoms with Gasteiger partial charge in [-0.15, -0.1) is 0 Å². The lowest BCUT2D eigenvalue weighted by Crippen LogP contribution is -2.06. The second-order valence-electron chi connectivity index (χ2n) is 6.90. The zero-order chi connectivity index (χ0) is 19.6. The molecule has 0 saturated carbocycles. The van der Waals surface area contributed by atoms with Crippen molar-refractivity contribution in [1.29, 1.82) is 5.26 Å². The molecule has 3 aromatic rings. The summed E-state index contributed by atoms with van der Waals surface area (Å²) in [5, 5.41) is 9.47. The third-order valence-corrected chi connectivity index (χ3v) is 4.50. The summed E-state index contributed by atoms with van der Waals surface area (Å²) in [4.78, 5) is 0. The van der Waals surface area contributed by atoms with E-state index in [1.54, 1.807) is 22.8 Å². The van der Waals surface area contributed by atoms with E-state index in [1.165, 1.54) is 12.1 Å². The summed E-state index contributed by atoms with van der Waals surface area (Å²) in [7, 11) is 0. The average Bonchev–Trinajstić information content (AvgIpc) is 2.92. The van der Waals surface area contributed by atoms with Gasteiger partial charge in [0.05, 0.1) is 12.2 Å². The summed E-state index contributed by atoms with van der Waals surface area (Å²) in [6.07, 6.45) is 0. The number of aromatic nitrogens is 1. The first kappa shape index (κ1) is 18.5. The summed E-state index contributed by atoms with van der Waals surface area (Å²) in [5.41, 5.74) is 9.70. The minimum atomic E-state index is -0.325. The third kappa shape index (κ3) is 3.95. The van der Waals surface area contributed by atoms with Crippen molar-refractivity contribution in [2.24, 2.45) is 0 Å². The number of hydrogen-bond acceptors (Lipinski definition) is 3. The van der Waals surface area contributed by atoms with Gasteiger partial charge in [0.2, 0.25) is 5.88 Å². The second kappa shape index (κ2) is 7.55. The predicted molar refractivity (Wildman–Crippen MR) is 104 cm³/mol. The Bertz CT molecular complexity index is 1010. The van der Waals surface area contributed by atoms with E-state index in [2.05, 4.69) is 26.0 Å². The Hall–Kier alpha value is -3.26. The van der Waals surface area contributed by atoms with Gasteiger partial charge in [0.25, 0.3) is 0 Å². The van der Waals surface area contributed by atoms with Crippen LogP contribution in [0.1, 0.15) is 42.1 Å². The zero-order valence-electron chi connectivity index (χ0n) is 15.7. The molecule has 0 amide bonds. The number of halogens is 1. The van der Waals surface area contributed by atoms with E-state index in [9.17, 15) is 9.65 Å². The van der Waals surface area contributed by atoms with Crippen LogP contribution in [0.15, 0.2) is 48.5 Å². The van der Waals surface area contributed by atoms with Gasteiger partial charge >= 0.3 is 0 Å². The molecular formula is C22H22FN3O. The Kier molecular flexibility index (Phi) is 5.18. The van der Waals surface area contributed by atoms with Gasteiger partial charge < -0.3 is 10.5 Å². The van der Waals surface area contributed by atoms with Gasteiger partial charge in [-0.05, 0) is 47.7 Å². The summed E-state index contributed by atoms with van der Waals surface area (Å²) in [5.74, 6) is 1.11. The highest BCUT2D eigenvalue weighted by Gasteiger charge is 2.17. The molecule has 4 nitrogen and oxygen atoms in total. The Morgan fingerprint density at radius 3 is 2.63 bits per heavy atom. The summed E-state index contributed by atoms with van der Waals surface area (Å²) >= 11 is 0. The number of benzene rings is 2. The average molecular weight is 363 g/mol. The molecule has 1 aromatic heterocycles. The highest BCUT2D eigenvalue weighted by Crippen LogP contribution is 2.34. The molecule has 2 N–H and O–H groups in total. The van der Waals surface area contributed by atoms with E-state index in [0.29, 0.717) is 28.9 Å². The van der Waals surface area contributed by atoms with Crippen LogP contribution in [0.25, 0.3) is 0 Å². The van der Waals surface area contributed by atoms with E-state index >= 15 is 0 Å². The van der Waals surface area contributed by atoms with E-state index in [0.717, 1.165) is 16.7 Å². The van der Waals surface area contributed by atoms with Crippen LogP contribution in [0, 0.1) is 24.1 Å². The first-order chi connectivity index (χ1) is 12.9. The quantitative estimate of drug-likeness (QED) is 0.664. The lowest BCUT2D eigenvalue weighted by Gasteiger charge is -2.16. The largest absolute Gasteiger partial charge is 0.438 e. The Labute approximate surface area is 158 Å². The molecule has 138 valence electrons. The number of anilines is 1. The number of nitrogens with two attached hydrogens (primary N) is 1. The van der Waals surface area contributed by atoms with Crippen molar-refractivity contribution < 1.29 is 9.13 Å². The smallest absolute Gasteiger partial charge is 0.224 e. The number of ether oxygens (including phenoxy) is 1. The van der Waals surface area contributed by atoms with Gasteiger partial charge in [-0.25, -0.2) is 4.39 Å². The number of hydrogen-bond donors (Lipinski definition) is 1. The molecule has 1 heterocycles. The highest BCUT2D eigenvalue weighted by molar-refractivity contribution is 5.57. The van der Waals surface area contributed by atoms with Crippen molar-refractivity contribution in [3.8, 4) is 17.7 Å². The molecule has 2 aromatic carbocycles. The fraction of sp³-hybridized carbons (Fsp3) is 0.227. The van der Waals surface area contributed by atoms with Gasteiger partial charge in [0.15, 0.2) is 0 Å². The Balaban J connectivity index is 2.02. The van der Waals surface area contributed by atoms with E-state index in [-0.39, 0.29) is 12.4 Å². The van der Waals surface area contributed by atoms with Crippen molar-refractivity contribution >= 4 is 5.69 Å². The van der Waals surface area contributed by atoms with Crippen molar-refractivity contribution in [2.45, 2.75) is 33.2 Å². The maximum atomic E-state index is 13.5. The molecule has 5 heteroatoms. The van der Waals surface area contributed by atoms with Crippen LogP contribution in [0.3, 0.4) is 0 Å². The second-order valence-corrected chi connectivity index (χ2v) is 6.90. The molecule has 0 atom stereocenters. The molecule has 0 radical (unpaired) electrons. The third-order valence-electron chi connectivity index (χ3n) is 4.50. The number of rotatable bonds is 5. The number of nitrogen functional groups attached to an aromatic ring is 1. The van der Waals surface area contributed by atoms with Crippen LogP contribution in [0.2, 0.25) is 0 Å². The van der Waals surface area contributed by atoms with E-state index in [4.69, 9.17) is 10.5 Å². The normalized spacial score (nSPS) is 10.8.